The van der Waals surface area contributed by atoms with Gasteiger partial charge in [-0.2, -0.15) is 5.43 Å². The molecule has 1 atom stereocenters. The number of ketones is 1. The van der Waals surface area contributed by atoms with E-state index in [-0.39, 0.29) is 16.8 Å². The molecule has 0 aliphatic rings. The van der Waals surface area contributed by atoms with E-state index < -0.39 is 6.23 Å². The molecule has 0 aromatic rings. The molecule has 0 aromatic heterocycles. The lowest BCUT2D eigenvalue weighted by molar-refractivity contribution is -0.974. The van der Waals surface area contributed by atoms with Crippen molar-refractivity contribution in [1.82, 2.24) is 5.43 Å². The van der Waals surface area contributed by atoms with E-state index in [1.54, 1.807) is 21.1 Å². The quantitative estimate of drug-likeness (QED) is 0.332. The summed E-state index contributed by atoms with van der Waals surface area (Å²) in [6, 6.07) is 0. The minimum atomic E-state index is -0.669. The highest BCUT2D eigenvalue weighted by atomic mass is 16.3. The topological polar surface area (TPSA) is 49.3 Å². The Bertz CT molecular complexity index is 145. The molecule has 11 heavy (non-hydrogen) atoms. The van der Waals surface area contributed by atoms with E-state index in [2.05, 4.69) is 5.43 Å². The average molecular weight is 161 g/mol. The molecule has 66 valence electrons. The molecule has 4 nitrogen and oxygen atoms in total. The maximum atomic E-state index is 10.6. The van der Waals surface area contributed by atoms with Gasteiger partial charge < -0.3 is 5.11 Å². The molecule has 0 rings (SSSR count). The molecule has 0 aliphatic heterocycles. The zero-order chi connectivity index (χ0) is 9.07. The standard InChI is InChI=1S/C7H17N2O2/c1-6(10)5-7(11)9(3,4)8-2/h7-8,11H,5H2,1-4H3/q+1. The average Bonchev–Trinajstić information content (AvgIpc) is 1.86. The van der Waals surface area contributed by atoms with E-state index in [1.807, 2.05) is 0 Å². The third kappa shape index (κ3) is 3.46. The molecule has 0 spiro atoms. The molecule has 0 bridgehead atoms. The second-order valence-electron chi connectivity index (χ2n) is 3.15. The van der Waals surface area contributed by atoms with E-state index in [9.17, 15) is 9.90 Å². The summed E-state index contributed by atoms with van der Waals surface area (Å²) in [6.07, 6.45) is -0.481. The number of rotatable bonds is 4. The van der Waals surface area contributed by atoms with Gasteiger partial charge >= 0.3 is 0 Å². The van der Waals surface area contributed by atoms with Crippen molar-refractivity contribution in [3.63, 3.8) is 0 Å². The molecule has 0 saturated heterocycles. The van der Waals surface area contributed by atoms with Crippen molar-refractivity contribution in [3.05, 3.63) is 0 Å². The molecule has 2 N–H and O–H groups in total. The van der Waals surface area contributed by atoms with Crippen LogP contribution in [0.3, 0.4) is 0 Å². The van der Waals surface area contributed by atoms with Crippen molar-refractivity contribution in [2.75, 3.05) is 21.1 Å². The van der Waals surface area contributed by atoms with Crippen molar-refractivity contribution in [2.24, 2.45) is 0 Å². The van der Waals surface area contributed by atoms with Crippen molar-refractivity contribution in [3.8, 4) is 0 Å². The Labute approximate surface area is 67.4 Å². The van der Waals surface area contributed by atoms with Gasteiger partial charge in [-0.15, -0.1) is 0 Å². The van der Waals surface area contributed by atoms with Crippen molar-refractivity contribution in [2.45, 2.75) is 19.6 Å². The minimum Gasteiger partial charge on any atom is -0.343 e. The Morgan fingerprint density at radius 3 is 2.36 bits per heavy atom. The minimum absolute atomic E-state index is 0.000972. The van der Waals surface area contributed by atoms with Gasteiger partial charge in [0.05, 0.1) is 20.5 Å². The van der Waals surface area contributed by atoms with Gasteiger partial charge in [0.1, 0.15) is 5.78 Å². The highest BCUT2D eigenvalue weighted by Gasteiger charge is 2.25. The molecule has 0 radical (unpaired) electrons. The Kier molecular flexibility index (Phi) is 3.65. The number of quaternary nitrogens is 1. The van der Waals surface area contributed by atoms with Gasteiger partial charge in [-0.25, -0.2) is 4.59 Å². The number of carbonyl (C=O) groups is 1. The zero-order valence-corrected chi connectivity index (χ0v) is 7.59. The molecule has 4 heteroatoms. The van der Waals surface area contributed by atoms with Gasteiger partial charge in [0.15, 0.2) is 0 Å². The van der Waals surface area contributed by atoms with Crippen LogP contribution in [0.4, 0.5) is 0 Å². The van der Waals surface area contributed by atoms with Crippen molar-refractivity contribution >= 4 is 5.78 Å². The maximum Gasteiger partial charge on any atom is 0.214 e. The highest BCUT2D eigenvalue weighted by molar-refractivity contribution is 5.75. The Morgan fingerprint density at radius 2 is 2.09 bits per heavy atom. The smallest absolute Gasteiger partial charge is 0.214 e. The Hall–Kier alpha value is -0.450. The van der Waals surface area contributed by atoms with Crippen LogP contribution >= 0.6 is 0 Å². The second-order valence-corrected chi connectivity index (χ2v) is 3.15. The van der Waals surface area contributed by atoms with Gasteiger partial charge in [-0.05, 0) is 6.92 Å². The first-order chi connectivity index (χ1) is 4.90. The first kappa shape index (κ1) is 10.6. The molecule has 0 saturated carbocycles. The lowest BCUT2D eigenvalue weighted by Gasteiger charge is -2.31. The molecular formula is C7H17N2O2+. The summed E-state index contributed by atoms with van der Waals surface area (Å²) in [5, 5.41) is 9.44. The fourth-order valence-corrected chi connectivity index (χ4v) is 0.634. The number of hydrogen-bond acceptors (Lipinski definition) is 3. The van der Waals surface area contributed by atoms with Crippen LogP contribution in [0.15, 0.2) is 0 Å². The van der Waals surface area contributed by atoms with Crippen LogP contribution in [0.1, 0.15) is 13.3 Å². The van der Waals surface area contributed by atoms with Gasteiger partial charge in [0.25, 0.3) is 0 Å². The Morgan fingerprint density at radius 1 is 1.64 bits per heavy atom. The maximum absolute atomic E-state index is 10.6. The summed E-state index contributed by atoms with van der Waals surface area (Å²) in [5.41, 5.74) is 2.88. The van der Waals surface area contributed by atoms with Crippen molar-refractivity contribution in [1.29, 1.82) is 0 Å². The molecule has 0 fully saturated rings. The molecule has 1 unspecified atom stereocenters. The van der Waals surface area contributed by atoms with Gasteiger partial charge in [0, 0.05) is 7.05 Å². The van der Waals surface area contributed by atoms with E-state index >= 15 is 0 Å². The summed E-state index contributed by atoms with van der Waals surface area (Å²) in [5.74, 6) is -0.000972. The number of carbonyl (C=O) groups excluding carboxylic acids is 1. The fourth-order valence-electron chi connectivity index (χ4n) is 0.634. The van der Waals surface area contributed by atoms with Crippen LogP contribution < -0.4 is 5.43 Å². The van der Waals surface area contributed by atoms with E-state index in [4.69, 9.17) is 0 Å². The number of Topliss-reactive ketones (excluding diaryl/α,β-unsaturated/α-hetero) is 1. The molecular weight excluding hydrogens is 144 g/mol. The zero-order valence-electron chi connectivity index (χ0n) is 7.59. The molecule has 0 heterocycles. The van der Waals surface area contributed by atoms with E-state index in [1.165, 1.54) is 6.92 Å². The largest absolute Gasteiger partial charge is 0.343 e. The number of nitrogens with zero attached hydrogens (tertiary/aromatic N) is 1. The first-order valence-electron chi connectivity index (χ1n) is 3.60. The lowest BCUT2D eigenvalue weighted by Crippen LogP contribution is -2.57. The third-order valence-corrected chi connectivity index (χ3v) is 1.79. The van der Waals surface area contributed by atoms with Crippen LogP contribution in [-0.4, -0.2) is 42.9 Å². The van der Waals surface area contributed by atoms with Crippen LogP contribution in [0.5, 0.6) is 0 Å². The predicted octanol–water partition coefficient (Wildman–Crippen LogP) is -0.505. The van der Waals surface area contributed by atoms with Crippen molar-refractivity contribution < 1.29 is 14.5 Å². The number of nitrogens with one attached hydrogen (secondary N) is 1. The van der Waals surface area contributed by atoms with Gasteiger partial charge in [-0.3, -0.25) is 4.79 Å². The van der Waals surface area contributed by atoms with Crippen LogP contribution in [0.25, 0.3) is 0 Å². The predicted molar refractivity (Wildman–Crippen MR) is 42.5 cm³/mol. The molecule has 0 aromatic carbocycles. The summed E-state index contributed by atoms with van der Waals surface area (Å²) in [7, 11) is 5.34. The van der Waals surface area contributed by atoms with Crippen LogP contribution in [0, 0.1) is 0 Å². The second kappa shape index (κ2) is 3.80. The fraction of sp³-hybridized carbons (Fsp3) is 0.857. The van der Waals surface area contributed by atoms with Crippen LogP contribution in [0.2, 0.25) is 0 Å². The SMILES string of the molecule is CN[N+](C)(C)C(O)CC(C)=O. The molecule has 0 aliphatic carbocycles. The lowest BCUT2D eigenvalue weighted by atomic mass is 10.2. The van der Waals surface area contributed by atoms with E-state index in [0.29, 0.717) is 0 Å². The molecule has 0 amide bonds. The Balaban J connectivity index is 4.01. The third-order valence-electron chi connectivity index (χ3n) is 1.79. The summed E-state index contributed by atoms with van der Waals surface area (Å²) >= 11 is 0. The number of aliphatic hydroxyl groups excluding tert-OH is 1. The van der Waals surface area contributed by atoms with E-state index in [0.717, 1.165) is 0 Å². The first-order valence-corrected chi connectivity index (χ1v) is 3.60. The van der Waals surface area contributed by atoms with Gasteiger partial charge in [-0.1, -0.05) is 0 Å². The number of hydrogen-bond donors (Lipinski definition) is 2. The monoisotopic (exact) mass is 161 g/mol. The summed E-state index contributed by atoms with van der Waals surface area (Å²) in [4.78, 5) is 10.6. The summed E-state index contributed by atoms with van der Waals surface area (Å²) in [6.45, 7) is 1.47. The normalized spacial score (nSPS) is 14.6. The van der Waals surface area contributed by atoms with Crippen LogP contribution in [-0.2, 0) is 4.79 Å². The van der Waals surface area contributed by atoms with Gasteiger partial charge in [0.2, 0.25) is 6.23 Å². The number of aliphatic hydroxyl groups is 1. The highest BCUT2D eigenvalue weighted by Crippen LogP contribution is 2.03. The summed E-state index contributed by atoms with van der Waals surface area (Å²) < 4.78 is 0.236.